The first-order chi connectivity index (χ1) is 8.88. The molecule has 0 unspecified atom stereocenters. The zero-order chi connectivity index (χ0) is 12.4. The predicted molar refractivity (Wildman–Crippen MR) is 79.5 cm³/mol. The number of benzene rings is 3. The summed E-state index contributed by atoms with van der Waals surface area (Å²) in [6.45, 7) is 3.92. The normalized spacial score (nSPS) is 10.4. The Hall–Kier alpha value is -2.34. The van der Waals surface area contributed by atoms with Crippen molar-refractivity contribution in [1.82, 2.24) is 0 Å². The van der Waals surface area contributed by atoms with Crippen molar-refractivity contribution in [2.45, 2.75) is 0 Å². The minimum Gasteiger partial charge on any atom is -0.0984 e. The summed E-state index contributed by atoms with van der Waals surface area (Å²) in [6.07, 6.45) is 1.93. The first-order valence-corrected chi connectivity index (χ1v) is 6.09. The van der Waals surface area contributed by atoms with E-state index >= 15 is 0 Å². The van der Waals surface area contributed by atoms with Crippen molar-refractivity contribution in [3.05, 3.63) is 78.9 Å². The third-order valence-electron chi connectivity index (χ3n) is 3.22. The van der Waals surface area contributed by atoms with Crippen molar-refractivity contribution in [2.24, 2.45) is 0 Å². The van der Waals surface area contributed by atoms with Crippen LogP contribution in [0.25, 0.3) is 28.0 Å². The molecular weight excluding hydrogens is 216 g/mol. The molecule has 0 aliphatic heterocycles. The lowest BCUT2D eigenvalue weighted by Crippen LogP contribution is -1.83. The van der Waals surface area contributed by atoms with Gasteiger partial charge in [0.25, 0.3) is 0 Å². The molecule has 0 aromatic heterocycles. The number of rotatable bonds is 2. The Bertz CT molecular complexity index is 694. The molecule has 0 aliphatic carbocycles. The zero-order valence-corrected chi connectivity index (χ0v) is 10.1. The van der Waals surface area contributed by atoms with E-state index in [1.54, 1.807) is 0 Å². The highest BCUT2D eigenvalue weighted by atomic mass is 14.1. The molecule has 0 amide bonds. The molecule has 3 aromatic carbocycles. The second-order valence-corrected chi connectivity index (χ2v) is 4.36. The minimum absolute atomic E-state index is 1.19. The quantitative estimate of drug-likeness (QED) is 0.571. The fourth-order valence-electron chi connectivity index (χ4n) is 2.31. The van der Waals surface area contributed by atoms with Gasteiger partial charge in [0.05, 0.1) is 0 Å². The molecule has 0 heterocycles. The highest BCUT2D eigenvalue weighted by molar-refractivity contribution is 5.94. The molecule has 0 atom stereocenters. The van der Waals surface area contributed by atoms with Gasteiger partial charge in [-0.15, -0.1) is 0 Å². The van der Waals surface area contributed by atoms with Gasteiger partial charge < -0.3 is 0 Å². The third kappa shape index (κ3) is 1.82. The molecule has 0 radical (unpaired) electrons. The summed E-state index contributed by atoms with van der Waals surface area (Å²) in [7, 11) is 0. The summed E-state index contributed by atoms with van der Waals surface area (Å²) in [6, 6.07) is 23.3. The number of fused-ring (bicyclic) bond motifs is 1. The lowest BCUT2D eigenvalue weighted by molar-refractivity contribution is 1.63. The van der Waals surface area contributed by atoms with Gasteiger partial charge in [-0.2, -0.15) is 0 Å². The van der Waals surface area contributed by atoms with Crippen LogP contribution < -0.4 is 0 Å². The van der Waals surface area contributed by atoms with Gasteiger partial charge in [0.2, 0.25) is 0 Å². The molecule has 18 heavy (non-hydrogen) atoms. The molecule has 3 rings (SSSR count). The fraction of sp³-hybridized carbons (Fsp3) is 0. The molecule has 0 heteroatoms. The van der Waals surface area contributed by atoms with Gasteiger partial charge in [-0.3, -0.25) is 0 Å². The van der Waals surface area contributed by atoms with Crippen molar-refractivity contribution in [1.29, 1.82) is 0 Å². The molecule has 3 aromatic rings. The third-order valence-corrected chi connectivity index (χ3v) is 3.22. The van der Waals surface area contributed by atoms with E-state index in [9.17, 15) is 0 Å². The van der Waals surface area contributed by atoms with Crippen LogP contribution in [0.5, 0.6) is 0 Å². The average Bonchev–Trinajstić information content (AvgIpc) is 2.47. The maximum Gasteiger partial charge on any atom is -0.0111 e. The smallest absolute Gasteiger partial charge is 0.0111 e. The van der Waals surface area contributed by atoms with E-state index in [2.05, 4.69) is 67.2 Å². The number of hydrogen-bond acceptors (Lipinski definition) is 0. The molecule has 0 N–H and O–H groups in total. The first-order valence-electron chi connectivity index (χ1n) is 6.09. The maximum absolute atomic E-state index is 3.92. The first kappa shape index (κ1) is 10.8. The zero-order valence-electron chi connectivity index (χ0n) is 10.1. The van der Waals surface area contributed by atoms with Gasteiger partial charge in [0.15, 0.2) is 0 Å². The van der Waals surface area contributed by atoms with Gasteiger partial charge in [-0.25, -0.2) is 0 Å². The van der Waals surface area contributed by atoms with Gasteiger partial charge in [-0.05, 0) is 39.6 Å². The molecule has 0 bridgehead atoms. The van der Waals surface area contributed by atoms with Crippen LogP contribution in [0.3, 0.4) is 0 Å². The van der Waals surface area contributed by atoms with E-state index in [0.29, 0.717) is 0 Å². The van der Waals surface area contributed by atoms with Crippen LogP contribution in [0.4, 0.5) is 0 Å². The van der Waals surface area contributed by atoms with E-state index in [0.717, 1.165) is 0 Å². The Morgan fingerprint density at radius 2 is 1.44 bits per heavy atom. The maximum atomic E-state index is 3.92. The van der Waals surface area contributed by atoms with Crippen LogP contribution >= 0.6 is 0 Å². The standard InChI is InChI=1S/C18H14/c1-2-14-12-17(15-8-4-3-5-9-15)13-16-10-6-7-11-18(14)16/h2-13H,1H2. The summed E-state index contributed by atoms with van der Waals surface area (Å²) in [5, 5.41) is 2.51. The SMILES string of the molecule is C=Cc1cc(-c2ccccc2)cc2ccccc12. The van der Waals surface area contributed by atoms with Crippen LogP contribution in [0, 0.1) is 0 Å². The number of hydrogen-bond donors (Lipinski definition) is 0. The van der Waals surface area contributed by atoms with Crippen LogP contribution in [0.2, 0.25) is 0 Å². The Balaban J connectivity index is 2.29. The van der Waals surface area contributed by atoms with E-state index in [-0.39, 0.29) is 0 Å². The average molecular weight is 230 g/mol. The summed E-state index contributed by atoms with van der Waals surface area (Å²) < 4.78 is 0. The summed E-state index contributed by atoms with van der Waals surface area (Å²) in [5.41, 5.74) is 3.67. The Morgan fingerprint density at radius 3 is 2.22 bits per heavy atom. The summed E-state index contributed by atoms with van der Waals surface area (Å²) in [5.74, 6) is 0. The Morgan fingerprint density at radius 1 is 0.722 bits per heavy atom. The van der Waals surface area contributed by atoms with E-state index in [1.165, 1.54) is 27.5 Å². The second-order valence-electron chi connectivity index (χ2n) is 4.36. The lowest BCUT2D eigenvalue weighted by atomic mass is 9.97. The largest absolute Gasteiger partial charge is 0.0984 e. The van der Waals surface area contributed by atoms with Crippen molar-refractivity contribution in [3.63, 3.8) is 0 Å². The summed E-state index contributed by atoms with van der Waals surface area (Å²) >= 11 is 0. The van der Waals surface area contributed by atoms with Gasteiger partial charge in [-0.1, -0.05) is 67.3 Å². The van der Waals surface area contributed by atoms with Crippen molar-refractivity contribution >= 4 is 16.8 Å². The van der Waals surface area contributed by atoms with Crippen LogP contribution in [-0.4, -0.2) is 0 Å². The van der Waals surface area contributed by atoms with Gasteiger partial charge in [0, 0.05) is 0 Å². The van der Waals surface area contributed by atoms with E-state index in [4.69, 9.17) is 0 Å². The molecule has 86 valence electrons. The Kier molecular flexibility index (Phi) is 2.70. The molecule has 0 saturated carbocycles. The van der Waals surface area contributed by atoms with Crippen LogP contribution in [0.1, 0.15) is 5.56 Å². The topological polar surface area (TPSA) is 0 Å². The highest BCUT2D eigenvalue weighted by Gasteiger charge is 2.03. The van der Waals surface area contributed by atoms with Crippen molar-refractivity contribution in [3.8, 4) is 11.1 Å². The van der Waals surface area contributed by atoms with Crippen molar-refractivity contribution in [2.75, 3.05) is 0 Å². The molecule has 0 spiro atoms. The lowest BCUT2D eigenvalue weighted by Gasteiger charge is -2.07. The second kappa shape index (κ2) is 4.50. The van der Waals surface area contributed by atoms with E-state index in [1.807, 2.05) is 12.1 Å². The molecule has 0 fully saturated rings. The predicted octanol–water partition coefficient (Wildman–Crippen LogP) is 5.15. The minimum atomic E-state index is 1.19. The van der Waals surface area contributed by atoms with E-state index < -0.39 is 0 Å². The molecular formula is C18H14. The highest BCUT2D eigenvalue weighted by Crippen LogP contribution is 2.28. The molecule has 0 saturated heterocycles. The Labute approximate surface area is 107 Å². The van der Waals surface area contributed by atoms with Crippen LogP contribution in [0.15, 0.2) is 73.3 Å². The summed E-state index contributed by atoms with van der Waals surface area (Å²) in [4.78, 5) is 0. The van der Waals surface area contributed by atoms with Crippen molar-refractivity contribution < 1.29 is 0 Å². The fourth-order valence-corrected chi connectivity index (χ4v) is 2.31. The van der Waals surface area contributed by atoms with Crippen LogP contribution in [-0.2, 0) is 0 Å². The molecule has 0 aliphatic rings. The molecule has 0 nitrogen and oxygen atoms in total. The monoisotopic (exact) mass is 230 g/mol. The van der Waals surface area contributed by atoms with Gasteiger partial charge in [0.1, 0.15) is 0 Å². The van der Waals surface area contributed by atoms with Gasteiger partial charge >= 0.3 is 0 Å².